The lowest BCUT2D eigenvalue weighted by molar-refractivity contribution is 0.0996. The fourth-order valence-corrected chi connectivity index (χ4v) is 2.51. The summed E-state index contributed by atoms with van der Waals surface area (Å²) in [6, 6.07) is 13.8. The Morgan fingerprint density at radius 2 is 1.94 bits per heavy atom. The maximum atomic E-state index is 12.3. The molecule has 0 saturated heterocycles. The van der Waals surface area contributed by atoms with E-state index in [1.165, 1.54) is 0 Å². The van der Waals surface area contributed by atoms with Gasteiger partial charge in [-0.05, 0) is 42.3 Å². The molecule has 1 amide bonds. The van der Waals surface area contributed by atoms with Crippen molar-refractivity contribution in [3.05, 3.63) is 63.6 Å². The Hall–Kier alpha value is -1.61. The molecular formula is C15H12BrNO. The van der Waals surface area contributed by atoms with Gasteiger partial charge in [0, 0.05) is 15.7 Å². The number of hydrogen-bond donors (Lipinski definition) is 0. The predicted molar refractivity (Wildman–Crippen MR) is 75.8 cm³/mol. The number of halogens is 1. The van der Waals surface area contributed by atoms with Crippen molar-refractivity contribution in [3.8, 4) is 0 Å². The first-order chi connectivity index (χ1) is 8.66. The maximum absolute atomic E-state index is 12.3. The van der Waals surface area contributed by atoms with E-state index in [1.807, 2.05) is 54.3 Å². The minimum Gasteiger partial charge on any atom is -0.304 e. The highest BCUT2D eigenvalue weighted by atomic mass is 79.9. The maximum Gasteiger partial charge on any atom is 0.258 e. The normalized spacial score (nSPS) is 13.9. The van der Waals surface area contributed by atoms with Crippen LogP contribution in [0.25, 0.3) is 0 Å². The SMILES string of the molecule is Cc1cc(N2Cc3ccccc3C2=O)ccc1Br. The first-order valence-electron chi connectivity index (χ1n) is 5.83. The summed E-state index contributed by atoms with van der Waals surface area (Å²) in [6.45, 7) is 2.69. The van der Waals surface area contributed by atoms with E-state index in [0.717, 1.165) is 26.9 Å². The monoisotopic (exact) mass is 301 g/mol. The second-order valence-electron chi connectivity index (χ2n) is 4.48. The van der Waals surface area contributed by atoms with Crippen LogP contribution in [0.2, 0.25) is 0 Å². The van der Waals surface area contributed by atoms with Gasteiger partial charge in [0.1, 0.15) is 0 Å². The molecule has 2 nitrogen and oxygen atoms in total. The smallest absolute Gasteiger partial charge is 0.258 e. The minimum absolute atomic E-state index is 0.0901. The van der Waals surface area contributed by atoms with E-state index in [2.05, 4.69) is 15.9 Å². The van der Waals surface area contributed by atoms with Crippen LogP contribution < -0.4 is 4.90 Å². The van der Waals surface area contributed by atoms with E-state index < -0.39 is 0 Å². The van der Waals surface area contributed by atoms with Crippen molar-refractivity contribution >= 4 is 27.5 Å². The van der Waals surface area contributed by atoms with Gasteiger partial charge in [0.15, 0.2) is 0 Å². The zero-order valence-corrected chi connectivity index (χ0v) is 11.6. The van der Waals surface area contributed by atoms with Crippen LogP contribution >= 0.6 is 15.9 Å². The molecule has 0 bridgehead atoms. The third-order valence-electron chi connectivity index (χ3n) is 3.27. The Morgan fingerprint density at radius 3 is 2.67 bits per heavy atom. The summed E-state index contributed by atoms with van der Waals surface area (Å²) in [5, 5.41) is 0. The molecule has 0 saturated carbocycles. The summed E-state index contributed by atoms with van der Waals surface area (Å²) >= 11 is 3.48. The number of rotatable bonds is 1. The highest BCUT2D eigenvalue weighted by molar-refractivity contribution is 9.10. The Morgan fingerprint density at radius 1 is 1.17 bits per heavy atom. The molecule has 0 unspecified atom stereocenters. The number of nitrogens with zero attached hydrogens (tertiary/aromatic N) is 1. The molecule has 0 spiro atoms. The van der Waals surface area contributed by atoms with E-state index in [-0.39, 0.29) is 5.91 Å². The molecule has 18 heavy (non-hydrogen) atoms. The predicted octanol–water partition coefficient (Wildman–Crippen LogP) is 3.92. The standard InChI is InChI=1S/C15H12BrNO/c1-10-8-12(6-7-14(10)16)17-9-11-4-2-3-5-13(11)15(17)18/h2-8H,9H2,1H3. The fourth-order valence-electron chi connectivity index (χ4n) is 2.26. The lowest BCUT2D eigenvalue weighted by Gasteiger charge is -2.16. The second-order valence-corrected chi connectivity index (χ2v) is 5.34. The summed E-state index contributed by atoms with van der Waals surface area (Å²) in [6.07, 6.45) is 0. The Balaban J connectivity index is 2.01. The zero-order valence-electron chi connectivity index (χ0n) is 9.98. The molecule has 0 aliphatic carbocycles. The Bertz CT molecular complexity index is 636. The van der Waals surface area contributed by atoms with Crippen LogP contribution in [0.15, 0.2) is 46.9 Å². The highest BCUT2D eigenvalue weighted by Gasteiger charge is 2.27. The topological polar surface area (TPSA) is 20.3 Å². The second kappa shape index (κ2) is 4.25. The van der Waals surface area contributed by atoms with Crippen molar-refractivity contribution in [2.24, 2.45) is 0 Å². The van der Waals surface area contributed by atoms with Crippen molar-refractivity contribution in [1.82, 2.24) is 0 Å². The summed E-state index contributed by atoms with van der Waals surface area (Å²) in [5.41, 5.74) is 4.01. The summed E-state index contributed by atoms with van der Waals surface area (Å²) < 4.78 is 1.07. The van der Waals surface area contributed by atoms with Gasteiger partial charge < -0.3 is 4.90 Å². The van der Waals surface area contributed by atoms with E-state index in [9.17, 15) is 4.79 Å². The van der Waals surface area contributed by atoms with E-state index >= 15 is 0 Å². The van der Waals surface area contributed by atoms with E-state index in [4.69, 9.17) is 0 Å². The third-order valence-corrected chi connectivity index (χ3v) is 4.16. The molecule has 3 heteroatoms. The Labute approximate surface area is 114 Å². The average Bonchev–Trinajstić information content (AvgIpc) is 2.71. The fraction of sp³-hybridized carbons (Fsp3) is 0.133. The minimum atomic E-state index is 0.0901. The van der Waals surface area contributed by atoms with Crippen LogP contribution in [-0.4, -0.2) is 5.91 Å². The zero-order chi connectivity index (χ0) is 12.7. The Kier molecular flexibility index (Phi) is 2.71. The third kappa shape index (κ3) is 1.75. The molecular weight excluding hydrogens is 290 g/mol. The molecule has 0 radical (unpaired) electrons. The van der Waals surface area contributed by atoms with Crippen LogP contribution in [0.3, 0.4) is 0 Å². The number of amides is 1. The van der Waals surface area contributed by atoms with Gasteiger partial charge in [-0.25, -0.2) is 0 Å². The first kappa shape index (κ1) is 11.5. The molecule has 0 aromatic heterocycles. The molecule has 0 fully saturated rings. The van der Waals surface area contributed by atoms with E-state index in [0.29, 0.717) is 6.54 Å². The van der Waals surface area contributed by atoms with Crippen molar-refractivity contribution in [2.75, 3.05) is 4.90 Å². The largest absolute Gasteiger partial charge is 0.304 e. The van der Waals surface area contributed by atoms with Gasteiger partial charge in [0.25, 0.3) is 5.91 Å². The number of aryl methyl sites for hydroxylation is 1. The van der Waals surface area contributed by atoms with Gasteiger partial charge in [-0.2, -0.15) is 0 Å². The molecule has 3 rings (SSSR count). The lowest BCUT2D eigenvalue weighted by Crippen LogP contribution is -2.22. The van der Waals surface area contributed by atoms with Gasteiger partial charge in [-0.3, -0.25) is 4.79 Å². The van der Waals surface area contributed by atoms with Crippen LogP contribution in [-0.2, 0) is 6.54 Å². The molecule has 1 aliphatic heterocycles. The first-order valence-corrected chi connectivity index (χ1v) is 6.62. The van der Waals surface area contributed by atoms with Crippen LogP contribution in [0, 0.1) is 6.92 Å². The molecule has 2 aromatic rings. The van der Waals surface area contributed by atoms with Crippen molar-refractivity contribution in [2.45, 2.75) is 13.5 Å². The molecule has 0 atom stereocenters. The summed E-state index contributed by atoms with van der Waals surface area (Å²) in [7, 11) is 0. The van der Waals surface area contributed by atoms with Crippen molar-refractivity contribution in [3.63, 3.8) is 0 Å². The quantitative estimate of drug-likeness (QED) is 0.782. The number of carbonyl (C=O) groups excluding carboxylic acids is 1. The lowest BCUT2D eigenvalue weighted by atomic mass is 10.1. The molecule has 1 heterocycles. The van der Waals surface area contributed by atoms with Crippen molar-refractivity contribution in [1.29, 1.82) is 0 Å². The number of carbonyl (C=O) groups is 1. The molecule has 2 aromatic carbocycles. The highest BCUT2D eigenvalue weighted by Crippen LogP contribution is 2.30. The number of benzene rings is 2. The van der Waals surface area contributed by atoms with Gasteiger partial charge in [-0.15, -0.1) is 0 Å². The average molecular weight is 302 g/mol. The molecule has 0 N–H and O–H groups in total. The molecule has 90 valence electrons. The summed E-state index contributed by atoms with van der Waals surface area (Å²) in [4.78, 5) is 14.1. The van der Waals surface area contributed by atoms with Gasteiger partial charge in [0.05, 0.1) is 6.54 Å². The van der Waals surface area contributed by atoms with Gasteiger partial charge >= 0.3 is 0 Å². The number of fused-ring (bicyclic) bond motifs is 1. The van der Waals surface area contributed by atoms with Crippen LogP contribution in [0.1, 0.15) is 21.5 Å². The number of hydrogen-bond acceptors (Lipinski definition) is 1. The molecule has 1 aliphatic rings. The van der Waals surface area contributed by atoms with Gasteiger partial charge in [-0.1, -0.05) is 34.1 Å². The van der Waals surface area contributed by atoms with Gasteiger partial charge in [0.2, 0.25) is 0 Å². The van der Waals surface area contributed by atoms with Crippen LogP contribution in [0.5, 0.6) is 0 Å². The van der Waals surface area contributed by atoms with E-state index in [1.54, 1.807) is 0 Å². The summed E-state index contributed by atoms with van der Waals surface area (Å²) in [5.74, 6) is 0.0901. The van der Waals surface area contributed by atoms with Crippen molar-refractivity contribution < 1.29 is 4.79 Å². The number of anilines is 1. The van der Waals surface area contributed by atoms with Crippen LogP contribution in [0.4, 0.5) is 5.69 Å².